The number of hydrogen-bond acceptors (Lipinski definition) is 7. The van der Waals surface area contributed by atoms with Gasteiger partial charge in [0.05, 0.1) is 34.8 Å². The average molecular weight is 462 g/mol. The van der Waals surface area contributed by atoms with Crippen molar-refractivity contribution in [1.82, 2.24) is 24.7 Å². The number of hydrogen-bond donors (Lipinski definition) is 3. The molecule has 3 aromatic rings. The van der Waals surface area contributed by atoms with E-state index in [4.69, 9.17) is 17.2 Å². The minimum atomic E-state index is -0.803. The minimum absolute atomic E-state index is 0.199. The van der Waals surface area contributed by atoms with E-state index in [9.17, 15) is 9.59 Å². The van der Waals surface area contributed by atoms with Crippen LogP contribution in [0.4, 0.5) is 5.95 Å². The predicted molar refractivity (Wildman–Crippen MR) is 126 cm³/mol. The lowest BCUT2D eigenvalue weighted by molar-refractivity contribution is -0.126. The van der Waals surface area contributed by atoms with E-state index in [-0.39, 0.29) is 23.9 Å². The van der Waals surface area contributed by atoms with E-state index in [0.717, 1.165) is 30.4 Å². The first-order valence-electron chi connectivity index (χ1n) is 10.9. The van der Waals surface area contributed by atoms with Gasteiger partial charge in [-0.2, -0.15) is 10.1 Å². The van der Waals surface area contributed by atoms with E-state index in [0.29, 0.717) is 5.69 Å². The third-order valence-electron chi connectivity index (χ3n) is 6.31. The van der Waals surface area contributed by atoms with Crippen LogP contribution in [-0.2, 0) is 16.8 Å². The fourth-order valence-electron chi connectivity index (χ4n) is 3.87. The zero-order chi connectivity index (χ0) is 24.5. The number of carbonyl (C=O) groups excluding carboxylic acids is 2. The summed E-state index contributed by atoms with van der Waals surface area (Å²) >= 11 is 0. The Balaban J connectivity index is 1.53. The van der Waals surface area contributed by atoms with Gasteiger partial charge in [0, 0.05) is 30.4 Å². The summed E-state index contributed by atoms with van der Waals surface area (Å²) in [7, 11) is 0. The van der Waals surface area contributed by atoms with Crippen molar-refractivity contribution in [3.05, 3.63) is 54.2 Å². The molecule has 0 aliphatic heterocycles. The lowest BCUT2D eigenvalue weighted by Crippen LogP contribution is -2.47. The number of nitrogens with two attached hydrogens (primary N) is 3. The van der Waals surface area contributed by atoms with E-state index in [1.165, 1.54) is 10.9 Å². The van der Waals surface area contributed by atoms with Crippen LogP contribution in [-0.4, -0.2) is 42.4 Å². The van der Waals surface area contributed by atoms with E-state index in [1.807, 2.05) is 12.1 Å². The van der Waals surface area contributed by atoms with E-state index >= 15 is 0 Å². The van der Waals surface area contributed by atoms with Gasteiger partial charge in [0.15, 0.2) is 0 Å². The molecule has 0 atom stereocenters. The molecule has 11 heteroatoms. The van der Waals surface area contributed by atoms with Gasteiger partial charge in [0.25, 0.3) is 5.91 Å². The molecular weight excluding hydrogens is 434 g/mol. The second-order valence-corrected chi connectivity index (χ2v) is 9.17. The molecule has 6 N–H and O–H groups in total. The SMILES string of the molecule is CC(C)(Cn1cc(C(=O)N=C(N)C2(c3ccc(-c4cnc(N)nc4)nc3)CCC2)cn1)C(N)=O. The second-order valence-electron chi connectivity index (χ2n) is 9.17. The summed E-state index contributed by atoms with van der Waals surface area (Å²) in [4.78, 5) is 41.1. The number of nitrogen functional groups attached to an aromatic ring is 1. The van der Waals surface area contributed by atoms with Gasteiger partial charge in [-0.25, -0.2) is 9.97 Å². The average Bonchev–Trinajstić information content (AvgIpc) is 3.22. The topological polar surface area (TPSA) is 181 Å². The first-order chi connectivity index (χ1) is 16.1. The number of aliphatic imine (C=N–C) groups is 1. The van der Waals surface area contributed by atoms with Gasteiger partial charge in [0.2, 0.25) is 11.9 Å². The lowest BCUT2D eigenvalue weighted by Gasteiger charge is -2.41. The highest BCUT2D eigenvalue weighted by atomic mass is 16.2. The molecule has 3 aromatic heterocycles. The molecule has 1 aliphatic carbocycles. The van der Waals surface area contributed by atoms with Crippen LogP contribution in [0.3, 0.4) is 0 Å². The Morgan fingerprint density at radius 2 is 1.79 bits per heavy atom. The quantitative estimate of drug-likeness (QED) is 0.349. The fraction of sp³-hybridized carbons (Fsp3) is 0.348. The van der Waals surface area contributed by atoms with Gasteiger partial charge < -0.3 is 17.2 Å². The van der Waals surface area contributed by atoms with Crippen LogP contribution in [0.5, 0.6) is 0 Å². The molecule has 0 spiro atoms. The molecule has 0 bridgehead atoms. The molecule has 1 fully saturated rings. The van der Waals surface area contributed by atoms with Crippen LogP contribution in [0.2, 0.25) is 0 Å². The number of primary amides is 1. The molecule has 3 heterocycles. The van der Waals surface area contributed by atoms with Gasteiger partial charge in [-0.15, -0.1) is 0 Å². The molecule has 176 valence electrons. The fourth-order valence-corrected chi connectivity index (χ4v) is 3.87. The first kappa shape index (κ1) is 23.0. The Morgan fingerprint density at radius 3 is 2.35 bits per heavy atom. The van der Waals surface area contributed by atoms with Crippen LogP contribution in [0, 0.1) is 5.41 Å². The van der Waals surface area contributed by atoms with Crippen molar-refractivity contribution in [2.75, 3.05) is 5.73 Å². The number of carbonyl (C=O) groups is 2. The zero-order valence-electron chi connectivity index (χ0n) is 19.1. The largest absolute Gasteiger partial charge is 0.386 e. The van der Waals surface area contributed by atoms with Crippen molar-refractivity contribution in [3.63, 3.8) is 0 Å². The normalized spacial score (nSPS) is 15.5. The molecule has 0 radical (unpaired) electrons. The maximum Gasteiger partial charge on any atom is 0.281 e. The standard InChI is InChI=1S/C23H27N9O2/c1-22(2,20(25)34)13-32-12-15(10-30-32)18(33)31-19(24)23(6-3-7-23)16-4-5-17(27-11-16)14-8-28-21(26)29-9-14/h4-5,8-12H,3,6-7,13H2,1-2H3,(H2,25,34)(H2,24,31,33)(H2,26,28,29). The van der Waals surface area contributed by atoms with Gasteiger partial charge in [0.1, 0.15) is 5.84 Å². The van der Waals surface area contributed by atoms with Crippen LogP contribution in [0.1, 0.15) is 49.0 Å². The third kappa shape index (κ3) is 4.36. The van der Waals surface area contributed by atoms with Crippen LogP contribution < -0.4 is 17.2 Å². The summed E-state index contributed by atoms with van der Waals surface area (Å²) in [6, 6.07) is 3.80. The number of amides is 2. The van der Waals surface area contributed by atoms with Crippen molar-refractivity contribution < 1.29 is 9.59 Å². The van der Waals surface area contributed by atoms with Crippen LogP contribution in [0.25, 0.3) is 11.3 Å². The van der Waals surface area contributed by atoms with E-state index in [2.05, 4.69) is 25.0 Å². The second kappa shape index (κ2) is 8.65. The zero-order valence-corrected chi connectivity index (χ0v) is 19.1. The van der Waals surface area contributed by atoms with Crippen LogP contribution in [0.15, 0.2) is 48.1 Å². The highest BCUT2D eigenvalue weighted by molar-refractivity contribution is 6.06. The Morgan fingerprint density at radius 1 is 1.09 bits per heavy atom. The smallest absolute Gasteiger partial charge is 0.281 e. The van der Waals surface area contributed by atoms with Gasteiger partial charge >= 0.3 is 0 Å². The number of rotatable bonds is 7. The molecule has 0 unspecified atom stereocenters. The maximum absolute atomic E-state index is 12.8. The van der Waals surface area contributed by atoms with Crippen LogP contribution >= 0.6 is 0 Å². The molecule has 1 saturated carbocycles. The van der Waals surface area contributed by atoms with Crippen molar-refractivity contribution in [3.8, 4) is 11.3 Å². The van der Waals surface area contributed by atoms with Gasteiger partial charge in [-0.3, -0.25) is 19.3 Å². The predicted octanol–water partition coefficient (Wildman–Crippen LogP) is 1.45. The highest BCUT2D eigenvalue weighted by Gasteiger charge is 2.43. The maximum atomic E-state index is 12.8. The van der Waals surface area contributed by atoms with E-state index < -0.39 is 22.6 Å². The number of anilines is 1. The summed E-state index contributed by atoms with van der Waals surface area (Å²) in [6.07, 6.45) is 10.4. The Hall–Kier alpha value is -4.15. The minimum Gasteiger partial charge on any atom is -0.386 e. The van der Waals surface area contributed by atoms with Gasteiger partial charge in [-0.05, 0) is 38.3 Å². The van der Waals surface area contributed by atoms with Crippen molar-refractivity contribution >= 4 is 23.6 Å². The van der Waals surface area contributed by atoms with Crippen molar-refractivity contribution in [1.29, 1.82) is 0 Å². The molecule has 2 amide bonds. The first-order valence-corrected chi connectivity index (χ1v) is 10.9. The number of amidine groups is 1. The number of aromatic nitrogens is 5. The molecule has 0 saturated heterocycles. The highest BCUT2D eigenvalue weighted by Crippen LogP contribution is 2.44. The van der Waals surface area contributed by atoms with E-state index in [1.54, 1.807) is 38.6 Å². The third-order valence-corrected chi connectivity index (χ3v) is 6.31. The molecule has 11 nitrogen and oxygen atoms in total. The van der Waals surface area contributed by atoms with Crippen molar-refractivity contribution in [2.24, 2.45) is 21.9 Å². The summed E-state index contributed by atoms with van der Waals surface area (Å²) < 4.78 is 1.51. The van der Waals surface area contributed by atoms with Gasteiger partial charge in [-0.1, -0.05) is 12.5 Å². The molecule has 1 aliphatic rings. The molecule has 34 heavy (non-hydrogen) atoms. The summed E-state index contributed by atoms with van der Waals surface area (Å²) in [6.45, 7) is 3.68. The summed E-state index contributed by atoms with van der Waals surface area (Å²) in [5.41, 5.74) is 18.6. The number of nitrogens with zero attached hydrogens (tertiary/aromatic N) is 6. The van der Waals surface area contributed by atoms with Crippen molar-refractivity contribution in [2.45, 2.75) is 45.1 Å². The summed E-state index contributed by atoms with van der Waals surface area (Å²) in [5.74, 6) is -0.493. The Bertz CT molecular complexity index is 1240. The lowest BCUT2D eigenvalue weighted by atomic mass is 9.64. The summed E-state index contributed by atoms with van der Waals surface area (Å²) in [5, 5.41) is 4.16. The Kier molecular flexibility index (Phi) is 5.86. The monoisotopic (exact) mass is 461 g/mol. The molecule has 4 rings (SSSR count). The number of pyridine rings is 1. The molecule has 0 aromatic carbocycles. The molecular formula is C23H27N9O2. The Labute approximate surface area is 196 Å².